The van der Waals surface area contributed by atoms with Crippen molar-refractivity contribution in [1.29, 1.82) is 0 Å². The minimum absolute atomic E-state index is 0.838. The Bertz CT molecular complexity index is 749. The fraction of sp³-hybridized carbons (Fsp3) is 1.00. The summed E-state index contributed by atoms with van der Waals surface area (Å²) in [6.07, 6.45) is 8.70. The van der Waals surface area contributed by atoms with Crippen molar-refractivity contribution in [3.8, 4) is 0 Å². The minimum Gasteiger partial charge on any atom is -0.377 e. The molecule has 7 aliphatic rings. The normalized spacial score (nSPS) is 48.0. The predicted octanol–water partition coefficient (Wildman–Crippen LogP) is 10.4. The van der Waals surface area contributed by atoms with Crippen LogP contribution in [0.1, 0.15) is 45.4 Å². The van der Waals surface area contributed by atoms with Gasteiger partial charge in [-0.2, -0.15) is 0 Å². The first kappa shape index (κ1) is 30.6. The van der Waals surface area contributed by atoms with Gasteiger partial charge in [-0.15, -0.1) is 0 Å². The summed E-state index contributed by atoms with van der Waals surface area (Å²) in [7, 11) is 23.4. The highest BCUT2D eigenvalue weighted by molar-refractivity contribution is 9.36. The van der Waals surface area contributed by atoms with Crippen LogP contribution in [0.3, 0.4) is 0 Å². The number of fused-ring (bicyclic) bond motifs is 13. The largest absolute Gasteiger partial charge is 0.500 e. The van der Waals surface area contributed by atoms with Crippen molar-refractivity contribution in [2.75, 3.05) is 21.3 Å². The second-order valence-corrected chi connectivity index (χ2v) is 30.6. The van der Waals surface area contributed by atoms with E-state index in [4.69, 9.17) is 13.3 Å². The Balaban J connectivity index is 0.000000141. The van der Waals surface area contributed by atoms with E-state index < -0.39 is 8.80 Å². The lowest BCUT2D eigenvalue weighted by Crippen LogP contribution is -2.43. The maximum atomic E-state index is 5.58. The molecule has 5 saturated carbocycles. The van der Waals surface area contributed by atoms with Gasteiger partial charge in [0.15, 0.2) is 0 Å². The molecular formula is C23H38O3S10Si. The third kappa shape index (κ3) is 6.25. The summed E-state index contributed by atoms with van der Waals surface area (Å²) in [4.78, 5) is 0. The molecule has 2 saturated heterocycles. The van der Waals surface area contributed by atoms with E-state index in [1.54, 1.807) is 40.6 Å². The fourth-order valence-corrected chi connectivity index (χ4v) is 33.6. The van der Waals surface area contributed by atoms with E-state index in [1.165, 1.54) is 19.3 Å². The molecule has 0 aromatic rings. The summed E-state index contributed by atoms with van der Waals surface area (Å²) in [5.74, 6) is 8.06. The van der Waals surface area contributed by atoms with E-state index in [0.29, 0.717) is 0 Å². The first-order chi connectivity index (χ1) is 18.1. The van der Waals surface area contributed by atoms with Crippen LogP contribution < -0.4 is 0 Å². The first-order valence-corrected chi connectivity index (χ1v) is 27.9. The average molecular weight is 711 g/mol. The van der Waals surface area contributed by atoms with Crippen LogP contribution in [0.15, 0.2) is 0 Å². The van der Waals surface area contributed by atoms with Gasteiger partial charge in [0.05, 0.1) is 0 Å². The second-order valence-electron chi connectivity index (χ2n) is 11.6. The van der Waals surface area contributed by atoms with Crippen molar-refractivity contribution in [2.24, 2.45) is 47.3 Å². The van der Waals surface area contributed by atoms with E-state index >= 15 is 0 Å². The summed E-state index contributed by atoms with van der Waals surface area (Å²) in [6.45, 7) is 2.48. The van der Waals surface area contributed by atoms with Gasteiger partial charge in [-0.05, 0) is 145 Å². The van der Waals surface area contributed by atoms with Gasteiger partial charge in [0.1, 0.15) is 0 Å². The standard InChI is InChI=1S/C12H22O3S5Si.C11H16S5/c1-13-21(14-2,15-3)5-4-8-6-9-7-10(8)12-11(9)16-18-20-19-17-12;1-5-2-6-7(3-5)9-4-8(6)10-11(9)13-15-16-14-12-10/h8-12H,4-7H2,1-3H3;5-11H,2-4H2,1H3. The van der Waals surface area contributed by atoms with Crippen molar-refractivity contribution >= 4 is 111 Å². The summed E-state index contributed by atoms with van der Waals surface area (Å²) < 4.78 is 16.7. The first-order valence-electron chi connectivity index (χ1n) is 13.4. The molecule has 37 heavy (non-hydrogen) atoms. The molecule has 7 rings (SSSR count). The molecule has 0 N–H and O–H groups in total. The Morgan fingerprint density at radius 1 is 0.568 bits per heavy atom. The molecule has 0 amide bonds. The van der Waals surface area contributed by atoms with Crippen LogP contribution in [0.5, 0.6) is 0 Å². The molecular weight excluding hydrogens is 673 g/mol. The van der Waals surface area contributed by atoms with Crippen LogP contribution in [0.2, 0.25) is 6.04 Å². The Morgan fingerprint density at radius 2 is 1.08 bits per heavy atom. The zero-order valence-corrected chi connectivity index (χ0v) is 30.9. The molecule has 11 atom stereocenters. The quantitative estimate of drug-likeness (QED) is 0.194. The molecule has 7 fully saturated rings. The summed E-state index contributed by atoms with van der Waals surface area (Å²) in [5, 5.41) is 3.68. The van der Waals surface area contributed by atoms with Gasteiger partial charge in [-0.1, -0.05) is 50.1 Å². The maximum absolute atomic E-state index is 5.58. The van der Waals surface area contributed by atoms with Crippen LogP contribution in [0.4, 0.5) is 0 Å². The Hall–Kier alpha value is 3.60. The summed E-state index contributed by atoms with van der Waals surface area (Å²) in [6, 6.07) is 0.955. The van der Waals surface area contributed by atoms with Crippen molar-refractivity contribution < 1.29 is 13.3 Å². The minimum atomic E-state index is -2.39. The molecule has 0 radical (unpaired) electrons. The zero-order chi connectivity index (χ0) is 25.6. The van der Waals surface area contributed by atoms with E-state index in [2.05, 4.69) is 50.1 Å². The molecule has 3 nitrogen and oxygen atoms in total. The lowest BCUT2D eigenvalue weighted by atomic mass is 9.81. The Kier molecular flexibility index (Phi) is 11.3. The van der Waals surface area contributed by atoms with Gasteiger partial charge >= 0.3 is 8.80 Å². The molecule has 212 valence electrons. The van der Waals surface area contributed by atoms with Crippen LogP contribution in [0.25, 0.3) is 0 Å². The molecule has 0 aromatic heterocycles. The lowest BCUT2D eigenvalue weighted by molar-refractivity contribution is 0.120. The van der Waals surface area contributed by atoms with Crippen LogP contribution in [-0.4, -0.2) is 51.1 Å². The Labute approximate surface area is 262 Å². The SMILES string of the molecule is CC1CC2C(C1)C1CC2C2SSSSSC12.CO[Si](CCC1CC2CC1C1SSSSSC21)(OC)OC. The summed E-state index contributed by atoms with van der Waals surface area (Å²) in [5.41, 5.74) is 0. The third-order valence-corrected chi connectivity index (χ3v) is 32.4. The van der Waals surface area contributed by atoms with Crippen LogP contribution >= 0.6 is 102 Å². The second kappa shape index (κ2) is 13.7. The van der Waals surface area contributed by atoms with Gasteiger partial charge in [-0.25, -0.2) is 0 Å². The average Bonchev–Trinajstić information content (AvgIpc) is 3.65. The smallest absolute Gasteiger partial charge is 0.377 e. The molecule has 4 bridgehead atoms. The Morgan fingerprint density at radius 3 is 1.62 bits per heavy atom. The van der Waals surface area contributed by atoms with Crippen molar-refractivity contribution in [3.63, 3.8) is 0 Å². The lowest BCUT2D eigenvalue weighted by Gasteiger charge is -2.35. The molecule has 2 aliphatic heterocycles. The fourth-order valence-electron chi connectivity index (χ4n) is 8.68. The number of hydrogen-bond donors (Lipinski definition) is 0. The van der Waals surface area contributed by atoms with Gasteiger partial charge in [-0.3, -0.25) is 0 Å². The number of hydrogen-bond acceptors (Lipinski definition) is 13. The van der Waals surface area contributed by atoms with Gasteiger partial charge < -0.3 is 13.3 Å². The third-order valence-electron chi connectivity index (χ3n) is 10.2. The predicted molar refractivity (Wildman–Crippen MR) is 184 cm³/mol. The van der Waals surface area contributed by atoms with E-state index in [9.17, 15) is 0 Å². The van der Waals surface area contributed by atoms with E-state index in [-0.39, 0.29) is 0 Å². The molecule has 0 aromatic carbocycles. The van der Waals surface area contributed by atoms with Crippen LogP contribution in [-0.2, 0) is 13.3 Å². The monoisotopic (exact) mass is 710 g/mol. The highest BCUT2D eigenvalue weighted by Gasteiger charge is 2.61. The van der Waals surface area contributed by atoms with E-state index in [1.807, 2.05) is 59.0 Å². The maximum Gasteiger partial charge on any atom is 0.500 e. The van der Waals surface area contributed by atoms with Crippen molar-refractivity contribution in [3.05, 3.63) is 0 Å². The molecule has 0 spiro atoms. The molecule has 14 heteroatoms. The van der Waals surface area contributed by atoms with Crippen LogP contribution in [0, 0.1) is 47.3 Å². The number of rotatable bonds is 6. The van der Waals surface area contributed by atoms with Crippen molar-refractivity contribution in [2.45, 2.75) is 72.5 Å². The van der Waals surface area contributed by atoms with Gasteiger partial charge in [0, 0.05) is 48.4 Å². The van der Waals surface area contributed by atoms with E-state index in [0.717, 1.165) is 74.4 Å². The summed E-state index contributed by atoms with van der Waals surface area (Å²) >= 11 is 0. The van der Waals surface area contributed by atoms with Gasteiger partial charge in [0.25, 0.3) is 0 Å². The highest BCUT2D eigenvalue weighted by atomic mass is 33.8. The van der Waals surface area contributed by atoms with Gasteiger partial charge in [0.2, 0.25) is 0 Å². The zero-order valence-electron chi connectivity index (χ0n) is 21.7. The molecule has 5 aliphatic carbocycles. The molecule has 11 unspecified atom stereocenters. The highest BCUT2D eigenvalue weighted by Crippen LogP contribution is 2.71. The van der Waals surface area contributed by atoms with Crippen molar-refractivity contribution in [1.82, 2.24) is 0 Å². The topological polar surface area (TPSA) is 27.7 Å². The molecule has 2 heterocycles.